The fraction of sp³-hybridized carbons (Fsp3) is 0.538. The molecule has 1 aliphatic carbocycles. The number of aromatic nitrogens is 2. The molecule has 0 atom stereocenters. The predicted molar refractivity (Wildman–Crippen MR) is 134 cm³/mol. The number of anilines is 2. The number of piperazine rings is 1. The third-order valence-corrected chi connectivity index (χ3v) is 6.57. The summed E-state index contributed by atoms with van der Waals surface area (Å²) in [4.78, 5) is 39.2. The standard InChI is InChI=1S/C26H36N6O2/c1-18(2)25-27-19(3)16-23(30-25)32-14-12-31(13-15-32)17-24(33)29-22-11-7-6-10-21(22)26(34)28-20-8-4-5-9-20/h6-7,10-11,16,18,20H,4-5,8-9,12-15,17H2,1-3H3,(H,28,34)(H,29,33). The third-order valence-electron chi connectivity index (χ3n) is 6.57. The Bertz CT molecular complexity index is 1010. The Morgan fingerprint density at radius 1 is 1.06 bits per heavy atom. The zero-order valence-electron chi connectivity index (χ0n) is 20.5. The van der Waals surface area contributed by atoms with Gasteiger partial charge >= 0.3 is 0 Å². The molecule has 182 valence electrons. The molecule has 2 fully saturated rings. The molecule has 1 aliphatic heterocycles. The van der Waals surface area contributed by atoms with Gasteiger partial charge in [0.15, 0.2) is 0 Å². The first-order chi connectivity index (χ1) is 16.4. The summed E-state index contributed by atoms with van der Waals surface area (Å²) in [6.07, 6.45) is 4.37. The predicted octanol–water partition coefficient (Wildman–Crippen LogP) is 3.34. The van der Waals surface area contributed by atoms with E-state index in [1.54, 1.807) is 12.1 Å². The molecule has 2 heterocycles. The fourth-order valence-corrected chi connectivity index (χ4v) is 4.65. The molecule has 2 aromatic rings. The molecule has 2 N–H and O–H groups in total. The Balaban J connectivity index is 1.31. The molecule has 0 radical (unpaired) electrons. The Kier molecular flexibility index (Phi) is 7.77. The van der Waals surface area contributed by atoms with Crippen LogP contribution in [0.5, 0.6) is 0 Å². The van der Waals surface area contributed by atoms with Crippen molar-refractivity contribution < 1.29 is 9.59 Å². The van der Waals surface area contributed by atoms with Crippen molar-refractivity contribution in [1.82, 2.24) is 20.2 Å². The van der Waals surface area contributed by atoms with Crippen molar-refractivity contribution in [3.8, 4) is 0 Å². The SMILES string of the molecule is Cc1cc(N2CCN(CC(=O)Nc3ccccc3C(=O)NC3CCCC3)CC2)nc(C(C)C)n1. The van der Waals surface area contributed by atoms with Gasteiger partial charge in [0.1, 0.15) is 11.6 Å². The smallest absolute Gasteiger partial charge is 0.253 e. The number of hydrogen-bond donors (Lipinski definition) is 2. The lowest BCUT2D eigenvalue weighted by Gasteiger charge is -2.35. The number of nitrogens with one attached hydrogen (secondary N) is 2. The third kappa shape index (κ3) is 6.11. The maximum Gasteiger partial charge on any atom is 0.253 e. The summed E-state index contributed by atoms with van der Waals surface area (Å²) in [6.45, 7) is 9.67. The molecule has 4 rings (SSSR count). The lowest BCUT2D eigenvalue weighted by molar-refractivity contribution is -0.117. The monoisotopic (exact) mass is 464 g/mol. The van der Waals surface area contributed by atoms with Crippen molar-refractivity contribution in [3.63, 3.8) is 0 Å². The van der Waals surface area contributed by atoms with Crippen molar-refractivity contribution in [2.75, 3.05) is 42.9 Å². The normalized spacial score (nSPS) is 17.2. The summed E-state index contributed by atoms with van der Waals surface area (Å²) in [5.41, 5.74) is 2.07. The molecule has 8 nitrogen and oxygen atoms in total. The van der Waals surface area contributed by atoms with Gasteiger partial charge in [0.05, 0.1) is 17.8 Å². The molecule has 1 aromatic heterocycles. The zero-order valence-corrected chi connectivity index (χ0v) is 20.5. The number of amides is 2. The highest BCUT2D eigenvalue weighted by atomic mass is 16.2. The highest BCUT2D eigenvalue weighted by Gasteiger charge is 2.23. The van der Waals surface area contributed by atoms with Gasteiger partial charge in [0.25, 0.3) is 5.91 Å². The molecule has 2 amide bonds. The Labute approximate surface area is 202 Å². The number of para-hydroxylation sites is 1. The van der Waals surface area contributed by atoms with Crippen LogP contribution in [-0.4, -0.2) is 65.4 Å². The molecule has 1 aromatic carbocycles. The van der Waals surface area contributed by atoms with Crippen LogP contribution in [0.4, 0.5) is 11.5 Å². The second-order valence-electron chi connectivity index (χ2n) is 9.69. The number of benzene rings is 1. The highest BCUT2D eigenvalue weighted by Crippen LogP contribution is 2.21. The molecule has 0 bridgehead atoms. The van der Waals surface area contributed by atoms with E-state index in [1.807, 2.05) is 25.1 Å². The van der Waals surface area contributed by atoms with Crippen LogP contribution >= 0.6 is 0 Å². The van der Waals surface area contributed by atoms with E-state index in [-0.39, 0.29) is 23.8 Å². The quantitative estimate of drug-likeness (QED) is 0.653. The number of rotatable bonds is 7. The van der Waals surface area contributed by atoms with Gasteiger partial charge in [-0.3, -0.25) is 14.5 Å². The minimum Gasteiger partial charge on any atom is -0.354 e. The summed E-state index contributed by atoms with van der Waals surface area (Å²) in [5.74, 6) is 1.90. The maximum absolute atomic E-state index is 12.8. The number of aryl methyl sites for hydroxylation is 1. The van der Waals surface area contributed by atoms with E-state index < -0.39 is 0 Å². The maximum atomic E-state index is 12.8. The van der Waals surface area contributed by atoms with Gasteiger partial charge in [0, 0.05) is 49.9 Å². The Morgan fingerprint density at radius 2 is 1.76 bits per heavy atom. The minimum absolute atomic E-state index is 0.102. The molecule has 0 unspecified atom stereocenters. The highest BCUT2D eigenvalue weighted by molar-refractivity contribution is 6.04. The summed E-state index contributed by atoms with van der Waals surface area (Å²) in [6, 6.07) is 9.51. The average Bonchev–Trinajstić information content (AvgIpc) is 3.32. The largest absolute Gasteiger partial charge is 0.354 e. The molecule has 1 saturated heterocycles. The van der Waals surface area contributed by atoms with Gasteiger partial charge in [-0.25, -0.2) is 9.97 Å². The second kappa shape index (κ2) is 11.0. The van der Waals surface area contributed by atoms with E-state index in [0.29, 0.717) is 17.8 Å². The molecule has 1 saturated carbocycles. The van der Waals surface area contributed by atoms with E-state index in [4.69, 9.17) is 4.98 Å². The van der Waals surface area contributed by atoms with Crippen molar-refractivity contribution in [2.45, 2.75) is 58.4 Å². The zero-order chi connectivity index (χ0) is 24.1. The molecule has 0 spiro atoms. The van der Waals surface area contributed by atoms with Crippen molar-refractivity contribution in [1.29, 1.82) is 0 Å². The van der Waals surface area contributed by atoms with Gasteiger partial charge < -0.3 is 15.5 Å². The van der Waals surface area contributed by atoms with E-state index >= 15 is 0 Å². The minimum atomic E-state index is -0.114. The van der Waals surface area contributed by atoms with E-state index in [0.717, 1.165) is 69.2 Å². The van der Waals surface area contributed by atoms with Crippen LogP contribution in [0.25, 0.3) is 0 Å². The fourth-order valence-electron chi connectivity index (χ4n) is 4.65. The van der Waals surface area contributed by atoms with Crippen molar-refractivity contribution in [2.24, 2.45) is 0 Å². The number of carbonyl (C=O) groups is 2. The Hall–Kier alpha value is -3.00. The van der Waals surface area contributed by atoms with Gasteiger partial charge in [-0.05, 0) is 31.9 Å². The molecule has 8 heteroatoms. The van der Waals surface area contributed by atoms with E-state index in [2.05, 4.69) is 39.3 Å². The summed E-state index contributed by atoms with van der Waals surface area (Å²) < 4.78 is 0. The van der Waals surface area contributed by atoms with Crippen LogP contribution < -0.4 is 15.5 Å². The van der Waals surface area contributed by atoms with Crippen LogP contribution in [0.2, 0.25) is 0 Å². The van der Waals surface area contributed by atoms with Crippen LogP contribution in [0.1, 0.15) is 67.3 Å². The van der Waals surface area contributed by atoms with Crippen LogP contribution in [0.3, 0.4) is 0 Å². The topological polar surface area (TPSA) is 90.5 Å². The first kappa shape index (κ1) is 24.1. The van der Waals surface area contributed by atoms with E-state index in [1.165, 1.54) is 0 Å². The van der Waals surface area contributed by atoms with Gasteiger partial charge in [-0.2, -0.15) is 0 Å². The second-order valence-corrected chi connectivity index (χ2v) is 9.69. The number of carbonyl (C=O) groups excluding carboxylic acids is 2. The molecule has 2 aliphatic rings. The molecular formula is C26H36N6O2. The lowest BCUT2D eigenvalue weighted by atomic mass is 10.1. The Morgan fingerprint density at radius 3 is 2.47 bits per heavy atom. The first-order valence-electron chi connectivity index (χ1n) is 12.4. The number of hydrogen-bond acceptors (Lipinski definition) is 6. The molecular weight excluding hydrogens is 428 g/mol. The van der Waals surface area contributed by atoms with E-state index in [9.17, 15) is 9.59 Å². The van der Waals surface area contributed by atoms with Gasteiger partial charge in [-0.1, -0.05) is 38.8 Å². The summed E-state index contributed by atoms with van der Waals surface area (Å²) in [5, 5.41) is 6.07. The summed E-state index contributed by atoms with van der Waals surface area (Å²) >= 11 is 0. The van der Waals surface area contributed by atoms with Gasteiger partial charge in [-0.15, -0.1) is 0 Å². The first-order valence-corrected chi connectivity index (χ1v) is 12.4. The van der Waals surface area contributed by atoms with Crippen molar-refractivity contribution in [3.05, 3.63) is 47.4 Å². The lowest BCUT2D eigenvalue weighted by Crippen LogP contribution is -2.49. The number of nitrogens with zero attached hydrogens (tertiary/aromatic N) is 4. The summed E-state index contributed by atoms with van der Waals surface area (Å²) in [7, 11) is 0. The van der Waals surface area contributed by atoms with Crippen LogP contribution in [-0.2, 0) is 4.79 Å². The van der Waals surface area contributed by atoms with Crippen molar-refractivity contribution >= 4 is 23.3 Å². The molecule has 34 heavy (non-hydrogen) atoms. The van der Waals surface area contributed by atoms with Gasteiger partial charge in [0.2, 0.25) is 5.91 Å². The van der Waals surface area contributed by atoms with Crippen LogP contribution in [0.15, 0.2) is 30.3 Å². The van der Waals surface area contributed by atoms with Crippen LogP contribution in [0, 0.1) is 6.92 Å². The average molecular weight is 465 g/mol.